The van der Waals surface area contributed by atoms with Crippen molar-refractivity contribution in [3.63, 3.8) is 0 Å². The van der Waals surface area contributed by atoms with E-state index >= 15 is 0 Å². The van der Waals surface area contributed by atoms with Crippen LogP contribution in [-0.4, -0.2) is 61.8 Å². The summed E-state index contributed by atoms with van der Waals surface area (Å²) in [6.07, 6.45) is 0. The Kier molecular flexibility index (Phi) is 3.33. The standard InChI is InChI=1S/C12H24N2O/c1-12(2,3)10-13-4-5-14-6-7-15-9-11(14)8-13/h11H,4-10H2,1-3H3. The van der Waals surface area contributed by atoms with Crippen molar-refractivity contribution in [2.45, 2.75) is 26.8 Å². The first-order valence-electron chi connectivity index (χ1n) is 6.09. The third-order valence-corrected chi connectivity index (χ3v) is 3.22. The summed E-state index contributed by atoms with van der Waals surface area (Å²) >= 11 is 0. The maximum absolute atomic E-state index is 5.55. The lowest BCUT2D eigenvalue weighted by atomic mass is 9.95. The first kappa shape index (κ1) is 11.4. The van der Waals surface area contributed by atoms with E-state index in [2.05, 4.69) is 30.6 Å². The molecule has 0 aliphatic carbocycles. The molecule has 1 atom stereocenters. The Morgan fingerprint density at radius 3 is 2.73 bits per heavy atom. The Labute approximate surface area is 93.4 Å². The molecule has 0 saturated carbocycles. The van der Waals surface area contributed by atoms with E-state index in [0.29, 0.717) is 11.5 Å². The monoisotopic (exact) mass is 212 g/mol. The molecule has 0 bridgehead atoms. The van der Waals surface area contributed by atoms with E-state index in [1.165, 1.54) is 26.2 Å². The molecular formula is C12H24N2O. The van der Waals surface area contributed by atoms with Crippen LogP contribution < -0.4 is 0 Å². The number of hydrogen-bond acceptors (Lipinski definition) is 3. The van der Waals surface area contributed by atoms with Crippen LogP contribution in [0.2, 0.25) is 0 Å². The first-order chi connectivity index (χ1) is 7.04. The molecule has 0 radical (unpaired) electrons. The normalized spacial score (nSPS) is 30.2. The molecule has 2 fully saturated rings. The van der Waals surface area contributed by atoms with Crippen molar-refractivity contribution >= 4 is 0 Å². The minimum absolute atomic E-state index is 0.414. The Morgan fingerprint density at radius 2 is 2.00 bits per heavy atom. The number of fused-ring (bicyclic) bond motifs is 1. The van der Waals surface area contributed by atoms with Gasteiger partial charge in [-0.2, -0.15) is 0 Å². The fourth-order valence-electron chi connectivity index (χ4n) is 2.63. The predicted octanol–water partition coefficient (Wildman–Crippen LogP) is 1.05. The van der Waals surface area contributed by atoms with E-state index in [0.717, 1.165) is 19.8 Å². The molecule has 2 aliphatic heterocycles. The molecule has 2 rings (SSSR count). The zero-order valence-electron chi connectivity index (χ0n) is 10.3. The van der Waals surface area contributed by atoms with Gasteiger partial charge < -0.3 is 4.74 Å². The molecule has 2 aliphatic rings. The minimum atomic E-state index is 0.414. The summed E-state index contributed by atoms with van der Waals surface area (Å²) in [5.41, 5.74) is 0.414. The van der Waals surface area contributed by atoms with Crippen LogP contribution >= 0.6 is 0 Å². The number of rotatable bonds is 1. The number of nitrogens with zero attached hydrogens (tertiary/aromatic N) is 2. The van der Waals surface area contributed by atoms with Crippen molar-refractivity contribution in [3.8, 4) is 0 Å². The third kappa shape index (κ3) is 3.16. The highest BCUT2D eigenvalue weighted by atomic mass is 16.5. The van der Waals surface area contributed by atoms with E-state index in [-0.39, 0.29) is 0 Å². The lowest BCUT2D eigenvalue weighted by Crippen LogP contribution is -2.58. The van der Waals surface area contributed by atoms with Gasteiger partial charge in [0.2, 0.25) is 0 Å². The molecule has 0 spiro atoms. The van der Waals surface area contributed by atoms with Crippen molar-refractivity contribution in [2.75, 3.05) is 45.9 Å². The first-order valence-corrected chi connectivity index (χ1v) is 6.09. The fraction of sp³-hybridized carbons (Fsp3) is 1.00. The van der Waals surface area contributed by atoms with Gasteiger partial charge in [0, 0.05) is 38.8 Å². The summed E-state index contributed by atoms with van der Waals surface area (Å²) in [7, 11) is 0. The van der Waals surface area contributed by atoms with Gasteiger partial charge in [0.25, 0.3) is 0 Å². The average Bonchev–Trinajstić information content (AvgIpc) is 2.15. The second kappa shape index (κ2) is 4.40. The topological polar surface area (TPSA) is 15.7 Å². The summed E-state index contributed by atoms with van der Waals surface area (Å²) in [6.45, 7) is 14.8. The maximum Gasteiger partial charge on any atom is 0.0634 e. The van der Waals surface area contributed by atoms with Gasteiger partial charge in [-0.15, -0.1) is 0 Å². The molecule has 0 amide bonds. The van der Waals surface area contributed by atoms with Crippen LogP contribution in [-0.2, 0) is 4.74 Å². The van der Waals surface area contributed by atoms with Crippen LogP contribution in [0.5, 0.6) is 0 Å². The molecule has 2 saturated heterocycles. The zero-order valence-corrected chi connectivity index (χ0v) is 10.3. The van der Waals surface area contributed by atoms with Gasteiger partial charge in [0.1, 0.15) is 0 Å². The highest BCUT2D eigenvalue weighted by Crippen LogP contribution is 2.19. The van der Waals surface area contributed by atoms with Gasteiger partial charge in [-0.25, -0.2) is 0 Å². The zero-order chi connectivity index (χ0) is 10.9. The van der Waals surface area contributed by atoms with Gasteiger partial charge in [0.15, 0.2) is 0 Å². The summed E-state index contributed by atoms with van der Waals surface area (Å²) in [5, 5.41) is 0. The summed E-state index contributed by atoms with van der Waals surface area (Å²) in [6, 6.07) is 0.648. The van der Waals surface area contributed by atoms with Crippen LogP contribution in [0.25, 0.3) is 0 Å². The molecule has 0 aromatic rings. The number of ether oxygens (including phenoxy) is 1. The average molecular weight is 212 g/mol. The largest absolute Gasteiger partial charge is 0.378 e. The molecular weight excluding hydrogens is 188 g/mol. The second-order valence-electron chi connectivity index (χ2n) is 6.06. The van der Waals surface area contributed by atoms with Crippen LogP contribution in [0.4, 0.5) is 0 Å². The van der Waals surface area contributed by atoms with Crippen LogP contribution in [0.15, 0.2) is 0 Å². The van der Waals surface area contributed by atoms with Crippen molar-refractivity contribution < 1.29 is 4.74 Å². The predicted molar refractivity (Wildman–Crippen MR) is 62.1 cm³/mol. The van der Waals surface area contributed by atoms with Crippen molar-refractivity contribution in [3.05, 3.63) is 0 Å². The number of morpholine rings is 1. The van der Waals surface area contributed by atoms with Gasteiger partial charge in [0.05, 0.1) is 13.2 Å². The molecule has 0 aromatic carbocycles. The Morgan fingerprint density at radius 1 is 1.20 bits per heavy atom. The van der Waals surface area contributed by atoms with E-state index in [1.807, 2.05) is 0 Å². The van der Waals surface area contributed by atoms with Crippen molar-refractivity contribution in [1.82, 2.24) is 9.80 Å². The fourth-order valence-corrected chi connectivity index (χ4v) is 2.63. The Hall–Kier alpha value is -0.120. The summed E-state index contributed by atoms with van der Waals surface area (Å²) < 4.78 is 5.55. The smallest absolute Gasteiger partial charge is 0.0634 e. The summed E-state index contributed by atoms with van der Waals surface area (Å²) in [4.78, 5) is 5.18. The molecule has 0 aromatic heterocycles. The lowest BCUT2D eigenvalue weighted by molar-refractivity contribution is -0.0493. The van der Waals surface area contributed by atoms with Crippen LogP contribution in [0, 0.1) is 5.41 Å². The quantitative estimate of drug-likeness (QED) is 0.646. The van der Waals surface area contributed by atoms with Gasteiger partial charge in [-0.05, 0) is 5.41 Å². The van der Waals surface area contributed by atoms with E-state index in [4.69, 9.17) is 4.74 Å². The SMILES string of the molecule is CC(C)(C)CN1CCN2CCOCC2C1. The van der Waals surface area contributed by atoms with E-state index in [1.54, 1.807) is 0 Å². The number of hydrogen-bond donors (Lipinski definition) is 0. The van der Waals surface area contributed by atoms with Crippen molar-refractivity contribution in [2.24, 2.45) is 5.41 Å². The highest BCUT2D eigenvalue weighted by molar-refractivity contribution is 4.85. The van der Waals surface area contributed by atoms with Crippen LogP contribution in [0.3, 0.4) is 0 Å². The Bertz CT molecular complexity index is 212. The van der Waals surface area contributed by atoms with Crippen LogP contribution in [0.1, 0.15) is 20.8 Å². The third-order valence-electron chi connectivity index (χ3n) is 3.22. The van der Waals surface area contributed by atoms with E-state index < -0.39 is 0 Å². The minimum Gasteiger partial charge on any atom is -0.378 e. The number of piperazine rings is 1. The maximum atomic E-state index is 5.55. The second-order valence-corrected chi connectivity index (χ2v) is 6.06. The molecule has 2 heterocycles. The van der Waals surface area contributed by atoms with Gasteiger partial charge in [-0.1, -0.05) is 20.8 Å². The van der Waals surface area contributed by atoms with Gasteiger partial charge in [-0.3, -0.25) is 9.80 Å². The molecule has 0 N–H and O–H groups in total. The molecule has 1 unspecified atom stereocenters. The molecule has 88 valence electrons. The molecule has 3 nitrogen and oxygen atoms in total. The Balaban J connectivity index is 1.85. The lowest BCUT2D eigenvalue weighted by Gasteiger charge is -2.45. The van der Waals surface area contributed by atoms with Gasteiger partial charge >= 0.3 is 0 Å². The highest BCUT2D eigenvalue weighted by Gasteiger charge is 2.30. The van der Waals surface area contributed by atoms with E-state index in [9.17, 15) is 0 Å². The molecule has 3 heteroatoms. The van der Waals surface area contributed by atoms with Crippen molar-refractivity contribution in [1.29, 1.82) is 0 Å². The summed E-state index contributed by atoms with van der Waals surface area (Å²) in [5.74, 6) is 0. The molecule has 15 heavy (non-hydrogen) atoms.